The number of hydrogen-bond donors (Lipinski definition) is 2. The molecule has 2 rings (SSSR count). The van der Waals surface area contributed by atoms with Gasteiger partial charge < -0.3 is 29.6 Å². The van der Waals surface area contributed by atoms with Gasteiger partial charge in [0.1, 0.15) is 30.1 Å². The largest absolute Gasteiger partial charge is 0.493 e. The molecule has 0 fully saturated rings. The summed E-state index contributed by atoms with van der Waals surface area (Å²) >= 11 is 0. The Morgan fingerprint density at radius 1 is 1.18 bits per heavy atom. The zero-order valence-electron chi connectivity index (χ0n) is 17.2. The van der Waals surface area contributed by atoms with Crippen LogP contribution in [0.3, 0.4) is 0 Å². The lowest BCUT2D eigenvalue weighted by Crippen LogP contribution is -2.24. The first-order chi connectivity index (χ1) is 13.5. The summed E-state index contributed by atoms with van der Waals surface area (Å²) in [6, 6.07) is 2.01. The summed E-state index contributed by atoms with van der Waals surface area (Å²) in [4.78, 5) is 6.23. The maximum atomic E-state index is 9.07. The van der Waals surface area contributed by atoms with Crippen LogP contribution >= 0.6 is 0 Å². The zero-order valence-corrected chi connectivity index (χ0v) is 17.2. The molecule has 0 saturated carbocycles. The van der Waals surface area contributed by atoms with Gasteiger partial charge in [-0.1, -0.05) is 0 Å². The summed E-state index contributed by atoms with van der Waals surface area (Å²) in [7, 11) is 0. The van der Waals surface area contributed by atoms with Crippen molar-refractivity contribution in [2.75, 3.05) is 26.3 Å². The van der Waals surface area contributed by atoms with Crippen LogP contribution in [0.2, 0.25) is 0 Å². The zero-order chi connectivity index (χ0) is 20.5. The van der Waals surface area contributed by atoms with E-state index in [9.17, 15) is 0 Å². The smallest absolute Gasteiger partial charge is 0.191 e. The molecule has 2 aromatic rings. The molecule has 0 saturated heterocycles. The van der Waals surface area contributed by atoms with E-state index >= 15 is 0 Å². The minimum Gasteiger partial charge on any atom is -0.493 e. The quantitative estimate of drug-likeness (QED) is 0.571. The highest BCUT2D eigenvalue weighted by molar-refractivity contribution is 5.52. The summed E-state index contributed by atoms with van der Waals surface area (Å²) in [6.45, 7) is 10.3. The van der Waals surface area contributed by atoms with E-state index in [0.29, 0.717) is 25.6 Å². The molecule has 0 aliphatic rings. The molecule has 0 radical (unpaired) electrons. The van der Waals surface area contributed by atoms with Gasteiger partial charge in [0.25, 0.3) is 0 Å². The van der Waals surface area contributed by atoms with Gasteiger partial charge in [0.15, 0.2) is 5.89 Å². The molecular formula is C21H31N3O4. The van der Waals surface area contributed by atoms with E-state index in [0.717, 1.165) is 46.8 Å². The molecule has 0 aliphatic heterocycles. The second-order valence-electron chi connectivity index (χ2n) is 6.72. The van der Waals surface area contributed by atoms with Crippen molar-refractivity contribution in [3.05, 3.63) is 53.0 Å². The van der Waals surface area contributed by atoms with Gasteiger partial charge in [-0.3, -0.25) is 0 Å². The molecule has 1 aromatic heterocycles. The molecule has 7 heteroatoms. The van der Waals surface area contributed by atoms with Gasteiger partial charge in [-0.2, -0.15) is 0 Å². The fourth-order valence-electron chi connectivity index (χ4n) is 2.97. The Morgan fingerprint density at radius 3 is 2.61 bits per heavy atom. The number of aryl methyl sites for hydroxylation is 2. The summed E-state index contributed by atoms with van der Waals surface area (Å²) in [5.74, 6) is 2.35. The van der Waals surface area contributed by atoms with Crippen LogP contribution in [0.25, 0.3) is 0 Å². The third-order valence-electron chi connectivity index (χ3n) is 4.54. The van der Waals surface area contributed by atoms with E-state index < -0.39 is 0 Å². The molecule has 3 N–H and O–H groups in total. The third kappa shape index (κ3) is 5.92. The number of aromatic nitrogens is 1. The van der Waals surface area contributed by atoms with Crippen LogP contribution in [0.15, 0.2) is 29.1 Å². The average Bonchev–Trinajstić information content (AvgIpc) is 3.08. The van der Waals surface area contributed by atoms with Crippen molar-refractivity contribution in [1.29, 1.82) is 0 Å². The minimum absolute atomic E-state index is 0.0953. The average molecular weight is 389 g/mol. The maximum absolute atomic E-state index is 9.07. The molecule has 28 heavy (non-hydrogen) atoms. The van der Waals surface area contributed by atoms with Crippen molar-refractivity contribution < 1.29 is 19.0 Å². The van der Waals surface area contributed by atoms with Gasteiger partial charge in [-0.05, 0) is 49.9 Å². The van der Waals surface area contributed by atoms with E-state index in [1.807, 2.05) is 38.7 Å². The topological polar surface area (TPSA) is 94.0 Å². The van der Waals surface area contributed by atoms with Gasteiger partial charge in [-0.25, -0.2) is 4.98 Å². The number of ether oxygens (including phenoxy) is 2. The van der Waals surface area contributed by atoms with E-state index in [-0.39, 0.29) is 6.61 Å². The molecule has 0 atom stereocenters. The van der Waals surface area contributed by atoms with Crippen LogP contribution < -0.4 is 15.2 Å². The predicted octanol–water partition coefficient (Wildman–Crippen LogP) is 2.98. The Morgan fingerprint density at radius 2 is 1.96 bits per heavy atom. The standard InChI is InChI=1S/C21H31N3O4/c1-15-12-20(26-11-5-7-24(8-6-22)9-10-25)16(2)17(3)21(15)28-14-19-13-27-18(4)23-19/h6,8,12-13,25H,5,7,9-11,14,22H2,1-4H3/b8-6-. The highest BCUT2D eigenvalue weighted by atomic mass is 16.5. The first-order valence-electron chi connectivity index (χ1n) is 9.47. The van der Waals surface area contributed by atoms with Crippen molar-refractivity contribution in [2.45, 2.75) is 40.7 Å². The Kier molecular flexibility index (Phi) is 8.19. The molecule has 1 aromatic carbocycles. The van der Waals surface area contributed by atoms with E-state index in [1.54, 1.807) is 12.5 Å². The van der Waals surface area contributed by atoms with E-state index in [1.165, 1.54) is 6.20 Å². The Hall–Kier alpha value is -2.67. The predicted molar refractivity (Wildman–Crippen MR) is 108 cm³/mol. The Balaban J connectivity index is 1.95. The minimum atomic E-state index is 0.0953. The first kappa shape index (κ1) is 21.6. The fourth-order valence-corrected chi connectivity index (χ4v) is 2.97. The molecule has 154 valence electrons. The Bertz CT molecular complexity index is 786. The van der Waals surface area contributed by atoms with Gasteiger partial charge in [0, 0.05) is 32.4 Å². The van der Waals surface area contributed by atoms with Gasteiger partial charge >= 0.3 is 0 Å². The van der Waals surface area contributed by atoms with Crippen molar-refractivity contribution >= 4 is 0 Å². The summed E-state index contributed by atoms with van der Waals surface area (Å²) in [5.41, 5.74) is 9.34. The lowest BCUT2D eigenvalue weighted by atomic mass is 10.0. The van der Waals surface area contributed by atoms with Crippen LogP contribution in [-0.2, 0) is 6.61 Å². The number of nitrogens with zero attached hydrogens (tertiary/aromatic N) is 2. The van der Waals surface area contributed by atoms with Gasteiger partial charge in [0.2, 0.25) is 0 Å². The van der Waals surface area contributed by atoms with Crippen LogP contribution in [0.4, 0.5) is 0 Å². The second kappa shape index (κ2) is 10.6. The number of aliphatic hydroxyl groups excluding tert-OH is 1. The third-order valence-corrected chi connectivity index (χ3v) is 4.54. The van der Waals surface area contributed by atoms with Crippen molar-refractivity contribution in [3.8, 4) is 11.5 Å². The Labute approximate surface area is 166 Å². The number of rotatable bonds is 11. The van der Waals surface area contributed by atoms with Crippen LogP contribution in [0.1, 0.15) is 34.7 Å². The number of nitrogens with two attached hydrogens (primary N) is 1. The molecular weight excluding hydrogens is 358 g/mol. The highest BCUT2D eigenvalue weighted by Gasteiger charge is 2.13. The molecule has 0 amide bonds. The molecule has 0 unspecified atom stereocenters. The fraction of sp³-hybridized carbons (Fsp3) is 0.476. The molecule has 0 aliphatic carbocycles. The highest BCUT2D eigenvalue weighted by Crippen LogP contribution is 2.33. The second-order valence-corrected chi connectivity index (χ2v) is 6.72. The molecule has 0 spiro atoms. The number of oxazole rings is 1. The normalized spacial score (nSPS) is 11.2. The maximum Gasteiger partial charge on any atom is 0.191 e. The molecule has 7 nitrogen and oxygen atoms in total. The lowest BCUT2D eigenvalue weighted by Gasteiger charge is -2.20. The van der Waals surface area contributed by atoms with Gasteiger partial charge in [-0.15, -0.1) is 0 Å². The van der Waals surface area contributed by atoms with Crippen LogP contribution in [0.5, 0.6) is 11.5 Å². The molecule has 1 heterocycles. The first-order valence-corrected chi connectivity index (χ1v) is 9.47. The number of benzene rings is 1. The summed E-state index contributed by atoms with van der Waals surface area (Å²) in [6.07, 6.45) is 5.70. The van der Waals surface area contributed by atoms with E-state index in [4.69, 9.17) is 24.7 Å². The SMILES string of the molecule is Cc1nc(COc2c(C)cc(OCCCN(/C=C\N)CCO)c(C)c2C)co1. The van der Waals surface area contributed by atoms with Crippen molar-refractivity contribution in [1.82, 2.24) is 9.88 Å². The number of hydrogen-bond acceptors (Lipinski definition) is 7. The van der Waals surface area contributed by atoms with Crippen LogP contribution in [-0.4, -0.2) is 41.3 Å². The number of aliphatic hydroxyl groups is 1. The van der Waals surface area contributed by atoms with Crippen molar-refractivity contribution in [2.24, 2.45) is 5.73 Å². The van der Waals surface area contributed by atoms with Crippen molar-refractivity contribution in [3.63, 3.8) is 0 Å². The molecule has 0 bridgehead atoms. The van der Waals surface area contributed by atoms with Crippen LogP contribution in [0, 0.1) is 27.7 Å². The summed E-state index contributed by atoms with van der Waals surface area (Å²) in [5, 5.41) is 9.07. The monoisotopic (exact) mass is 389 g/mol. The summed E-state index contributed by atoms with van der Waals surface area (Å²) < 4.78 is 17.2. The van der Waals surface area contributed by atoms with E-state index in [2.05, 4.69) is 4.98 Å². The van der Waals surface area contributed by atoms with Gasteiger partial charge in [0.05, 0.1) is 13.2 Å². The lowest BCUT2D eigenvalue weighted by molar-refractivity contribution is 0.221.